The van der Waals surface area contributed by atoms with Crippen molar-refractivity contribution in [2.45, 2.75) is 19.9 Å². The number of nitrogens with zero attached hydrogens (tertiary/aromatic N) is 1. The first kappa shape index (κ1) is 20.6. The van der Waals surface area contributed by atoms with E-state index < -0.39 is 0 Å². The average Bonchev–Trinajstić information content (AvgIpc) is 3.23. The highest BCUT2D eigenvalue weighted by Crippen LogP contribution is 2.20. The highest BCUT2D eigenvalue weighted by Gasteiger charge is 2.21. The Kier molecular flexibility index (Phi) is 6.29. The predicted octanol–water partition coefficient (Wildman–Crippen LogP) is 4.16. The zero-order chi connectivity index (χ0) is 21.0. The first-order valence-corrected chi connectivity index (χ1v) is 9.57. The van der Waals surface area contributed by atoms with Crippen LogP contribution >= 0.6 is 0 Å². The lowest BCUT2D eigenvalue weighted by atomic mass is 9.95. The SMILES string of the molecule is Cc1ccc(C(=O)c2ccccc2C(=O)NCC(c2ccco2)N(C)C)cc1C. The summed E-state index contributed by atoms with van der Waals surface area (Å²) < 4.78 is 5.49. The number of rotatable bonds is 7. The summed E-state index contributed by atoms with van der Waals surface area (Å²) in [6.07, 6.45) is 1.62. The molecule has 29 heavy (non-hydrogen) atoms. The third kappa shape index (κ3) is 4.63. The van der Waals surface area contributed by atoms with Gasteiger partial charge in [0.25, 0.3) is 5.91 Å². The van der Waals surface area contributed by atoms with Crippen LogP contribution in [-0.2, 0) is 0 Å². The van der Waals surface area contributed by atoms with Crippen molar-refractivity contribution in [3.8, 4) is 0 Å². The largest absolute Gasteiger partial charge is 0.468 e. The second kappa shape index (κ2) is 8.88. The molecule has 5 nitrogen and oxygen atoms in total. The minimum Gasteiger partial charge on any atom is -0.468 e. The van der Waals surface area contributed by atoms with E-state index in [1.807, 2.05) is 57.1 Å². The topological polar surface area (TPSA) is 62.6 Å². The molecule has 1 aromatic heterocycles. The molecule has 1 amide bonds. The minimum atomic E-state index is -0.281. The lowest BCUT2D eigenvalue weighted by molar-refractivity contribution is 0.0929. The molecule has 0 saturated carbocycles. The van der Waals surface area contributed by atoms with Crippen LogP contribution in [0.1, 0.15) is 49.2 Å². The number of ketones is 1. The minimum absolute atomic E-state index is 0.100. The van der Waals surface area contributed by atoms with E-state index in [9.17, 15) is 9.59 Å². The lowest BCUT2D eigenvalue weighted by Crippen LogP contribution is -2.35. The zero-order valence-electron chi connectivity index (χ0n) is 17.2. The van der Waals surface area contributed by atoms with Gasteiger partial charge in [-0.1, -0.05) is 30.3 Å². The zero-order valence-corrected chi connectivity index (χ0v) is 17.2. The fourth-order valence-corrected chi connectivity index (χ4v) is 3.22. The van der Waals surface area contributed by atoms with E-state index in [1.54, 1.807) is 36.6 Å². The number of carbonyl (C=O) groups excluding carboxylic acids is 2. The molecule has 3 rings (SSSR count). The Balaban J connectivity index is 1.81. The van der Waals surface area contributed by atoms with Gasteiger partial charge in [0, 0.05) is 17.7 Å². The number of amides is 1. The van der Waals surface area contributed by atoms with Gasteiger partial charge in [0.2, 0.25) is 0 Å². The molecule has 3 aromatic rings. The molecule has 0 aliphatic heterocycles. The Labute approximate surface area is 171 Å². The van der Waals surface area contributed by atoms with Crippen LogP contribution in [0.3, 0.4) is 0 Å². The van der Waals surface area contributed by atoms with Crippen LogP contribution in [-0.4, -0.2) is 37.2 Å². The number of hydrogen-bond donors (Lipinski definition) is 1. The number of carbonyl (C=O) groups is 2. The van der Waals surface area contributed by atoms with Crippen molar-refractivity contribution in [2.75, 3.05) is 20.6 Å². The van der Waals surface area contributed by atoms with Gasteiger partial charge in [-0.2, -0.15) is 0 Å². The Morgan fingerprint density at radius 3 is 2.31 bits per heavy atom. The van der Waals surface area contributed by atoms with E-state index >= 15 is 0 Å². The molecule has 1 atom stereocenters. The lowest BCUT2D eigenvalue weighted by Gasteiger charge is -2.22. The van der Waals surface area contributed by atoms with Crippen molar-refractivity contribution in [3.63, 3.8) is 0 Å². The van der Waals surface area contributed by atoms with E-state index in [4.69, 9.17) is 4.42 Å². The molecule has 5 heteroatoms. The third-order valence-corrected chi connectivity index (χ3v) is 5.14. The Morgan fingerprint density at radius 1 is 0.966 bits per heavy atom. The van der Waals surface area contributed by atoms with Crippen LogP contribution in [0.4, 0.5) is 0 Å². The molecule has 0 spiro atoms. The summed E-state index contributed by atoms with van der Waals surface area (Å²) >= 11 is 0. The number of nitrogens with one attached hydrogen (secondary N) is 1. The van der Waals surface area contributed by atoms with Crippen LogP contribution in [0.2, 0.25) is 0 Å². The number of aryl methyl sites for hydroxylation is 2. The molecule has 0 radical (unpaired) electrons. The van der Waals surface area contributed by atoms with Gasteiger partial charge in [-0.05, 0) is 63.3 Å². The maximum atomic E-state index is 13.1. The molecule has 150 valence electrons. The summed E-state index contributed by atoms with van der Waals surface area (Å²) in [4.78, 5) is 27.9. The molecule has 0 aliphatic carbocycles. The average molecular weight is 390 g/mol. The molecular formula is C24H26N2O3. The van der Waals surface area contributed by atoms with Crippen LogP contribution < -0.4 is 5.32 Å². The second-order valence-electron chi connectivity index (χ2n) is 7.38. The molecule has 0 saturated heterocycles. The number of hydrogen-bond acceptors (Lipinski definition) is 4. The van der Waals surface area contributed by atoms with E-state index in [0.717, 1.165) is 16.9 Å². The van der Waals surface area contributed by atoms with Crippen LogP contribution in [0, 0.1) is 13.8 Å². The predicted molar refractivity (Wildman–Crippen MR) is 113 cm³/mol. The van der Waals surface area contributed by atoms with Gasteiger partial charge in [-0.3, -0.25) is 14.5 Å². The maximum absolute atomic E-state index is 13.1. The Hall–Kier alpha value is -3.18. The molecule has 0 fully saturated rings. The molecule has 0 aliphatic rings. The van der Waals surface area contributed by atoms with E-state index in [1.165, 1.54) is 0 Å². The van der Waals surface area contributed by atoms with Gasteiger partial charge >= 0.3 is 0 Å². The monoisotopic (exact) mass is 390 g/mol. The summed E-state index contributed by atoms with van der Waals surface area (Å²) in [6.45, 7) is 4.34. The van der Waals surface area contributed by atoms with Crippen LogP contribution in [0.25, 0.3) is 0 Å². The first-order chi connectivity index (χ1) is 13.9. The van der Waals surface area contributed by atoms with Gasteiger partial charge in [0.15, 0.2) is 5.78 Å². The molecule has 1 N–H and O–H groups in total. The van der Waals surface area contributed by atoms with Crippen molar-refractivity contribution in [3.05, 3.63) is 94.4 Å². The Morgan fingerprint density at radius 2 is 1.69 bits per heavy atom. The summed E-state index contributed by atoms with van der Waals surface area (Å²) in [6, 6.07) is 16.1. The third-order valence-electron chi connectivity index (χ3n) is 5.14. The molecule has 1 unspecified atom stereocenters. The van der Waals surface area contributed by atoms with E-state index in [2.05, 4.69) is 5.32 Å². The van der Waals surface area contributed by atoms with E-state index in [-0.39, 0.29) is 17.7 Å². The normalized spacial score (nSPS) is 12.0. The van der Waals surface area contributed by atoms with Gasteiger partial charge in [-0.25, -0.2) is 0 Å². The highest BCUT2D eigenvalue weighted by atomic mass is 16.3. The fourth-order valence-electron chi connectivity index (χ4n) is 3.22. The van der Waals surface area contributed by atoms with Gasteiger partial charge < -0.3 is 9.73 Å². The van der Waals surface area contributed by atoms with Crippen LogP contribution in [0.15, 0.2) is 65.3 Å². The summed E-state index contributed by atoms with van der Waals surface area (Å²) in [5.41, 5.74) is 3.51. The first-order valence-electron chi connectivity index (χ1n) is 9.57. The van der Waals surface area contributed by atoms with Crippen molar-refractivity contribution in [1.82, 2.24) is 10.2 Å². The van der Waals surface area contributed by atoms with Crippen molar-refractivity contribution >= 4 is 11.7 Å². The van der Waals surface area contributed by atoms with Crippen molar-refractivity contribution < 1.29 is 14.0 Å². The number of likely N-dealkylation sites (N-methyl/N-ethyl adjacent to an activating group) is 1. The van der Waals surface area contributed by atoms with Crippen LogP contribution in [0.5, 0.6) is 0 Å². The summed E-state index contributed by atoms with van der Waals surface area (Å²) in [5.74, 6) is 0.333. The van der Waals surface area contributed by atoms with Gasteiger partial charge in [0.05, 0.1) is 17.9 Å². The quantitative estimate of drug-likeness (QED) is 0.616. The van der Waals surface area contributed by atoms with Crippen molar-refractivity contribution in [1.29, 1.82) is 0 Å². The smallest absolute Gasteiger partial charge is 0.252 e. The number of furan rings is 1. The van der Waals surface area contributed by atoms with Crippen molar-refractivity contribution in [2.24, 2.45) is 0 Å². The van der Waals surface area contributed by atoms with Gasteiger partial charge in [-0.15, -0.1) is 0 Å². The molecule has 0 bridgehead atoms. The second-order valence-corrected chi connectivity index (χ2v) is 7.38. The Bertz CT molecular complexity index is 1010. The number of benzene rings is 2. The highest BCUT2D eigenvalue weighted by molar-refractivity contribution is 6.15. The summed E-state index contributed by atoms with van der Waals surface area (Å²) in [7, 11) is 3.85. The fraction of sp³-hybridized carbons (Fsp3) is 0.250. The van der Waals surface area contributed by atoms with E-state index in [0.29, 0.717) is 23.2 Å². The molecule has 1 heterocycles. The van der Waals surface area contributed by atoms with Gasteiger partial charge in [0.1, 0.15) is 5.76 Å². The molecule has 2 aromatic carbocycles. The maximum Gasteiger partial charge on any atom is 0.252 e. The standard InChI is InChI=1S/C24H26N2O3/c1-16-11-12-18(14-17(16)2)23(27)19-8-5-6-9-20(19)24(28)25-15-21(26(3)4)22-10-7-13-29-22/h5-14,21H,15H2,1-4H3,(H,25,28). The molecular weight excluding hydrogens is 364 g/mol. The summed E-state index contributed by atoms with van der Waals surface area (Å²) in [5, 5.41) is 2.94.